The predicted octanol–water partition coefficient (Wildman–Crippen LogP) is 1.39. The fraction of sp³-hybridized carbons (Fsp3) is 0.385. The average Bonchev–Trinajstić information content (AvgIpc) is 2.90. The Bertz CT molecular complexity index is 452. The Hall–Kier alpha value is -2.04. The molecule has 5 nitrogen and oxygen atoms in total. The van der Waals surface area contributed by atoms with E-state index in [2.05, 4.69) is 0 Å². The standard InChI is InChI=1S/C13H15NO4/c15-12(14-6-1-2-7-14)9-18-11-5-3-4-10(8-11)13(16)17/h3-5,8H,1-2,6-7,9H2,(H,16,17). The molecule has 0 bridgehead atoms. The third-order valence-corrected chi connectivity index (χ3v) is 2.90. The van der Waals surface area contributed by atoms with Gasteiger partial charge in [0.2, 0.25) is 0 Å². The number of hydrogen-bond donors (Lipinski definition) is 1. The summed E-state index contributed by atoms with van der Waals surface area (Å²) >= 11 is 0. The van der Waals surface area contributed by atoms with E-state index in [1.807, 2.05) is 0 Å². The largest absolute Gasteiger partial charge is 0.484 e. The highest BCUT2D eigenvalue weighted by Gasteiger charge is 2.18. The number of amides is 1. The van der Waals surface area contributed by atoms with Crippen LogP contribution in [0.4, 0.5) is 0 Å². The minimum Gasteiger partial charge on any atom is -0.484 e. The topological polar surface area (TPSA) is 66.8 Å². The number of nitrogens with zero attached hydrogens (tertiary/aromatic N) is 1. The SMILES string of the molecule is O=C(O)c1cccc(OCC(=O)N2CCCC2)c1. The first-order chi connectivity index (χ1) is 8.66. The normalized spacial score (nSPS) is 14.6. The molecule has 2 rings (SSSR count). The van der Waals surface area contributed by atoms with Crippen molar-refractivity contribution in [2.75, 3.05) is 19.7 Å². The maximum atomic E-state index is 11.7. The van der Waals surface area contributed by atoms with Gasteiger partial charge in [-0.15, -0.1) is 0 Å². The second-order valence-electron chi connectivity index (χ2n) is 4.21. The highest BCUT2D eigenvalue weighted by molar-refractivity contribution is 5.88. The molecular weight excluding hydrogens is 234 g/mol. The molecule has 0 spiro atoms. The lowest BCUT2D eigenvalue weighted by Crippen LogP contribution is -2.32. The summed E-state index contributed by atoms with van der Waals surface area (Å²) in [6.45, 7) is 1.54. The van der Waals surface area contributed by atoms with Crippen molar-refractivity contribution in [2.24, 2.45) is 0 Å². The van der Waals surface area contributed by atoms with Crippen LogP contribution in [0.2, 0.25) is 0 Å². The molecule has 96 valence electrons. The first-order valence-electron chi connectivity index (χ1n) is 5.91. The van der Waals surface area contributed by atoms with Gasteiger partial charge in [-0.25, -0.2) is 4.79 Å². The zero-order chi connectivity index (χ0) is 13.0. The summed E-state index contributed by atoms with van der Waals surface area (Å²) in [6, 6.07) is 6.14. The van der Waals surface area contributed by atoms with Crippen molar-refractivity contribution in [3.05, 3.63) is 29.8 Å². The van der Waals surface area contributed by atoms with Crippen molar-refractivity contribution in [1.29, 1.82) is 0 Å². The Kier molecular flexibility index (Phi) is 3.82. The monoisotopic (exact) mass is 249 g/mol. The van der Waals surface area contributed by atoms with E-state index in [0.717, 1.165) is 25.9 Å². The lowest BCUT2D eigenvalue weighted by Gasteiger charge is -2.15. The lowest BCUT2D eigenvalue weighted by atomic mass is 10.2. The van der Waals surface area contributed by atoms with Crippen LogP contribution in [-0.2, 0) is 4.79 Å². The summed E-state index contributed by atoms with van der Waals surface area (Å²) in [5.41, 5.74) is 0.154. The van der Waals surface area contributed by atoms with Crippen LogP contribution < -0.4 is 4.74 Å². The molecule has 1 N–H and O–H groups in total. The highest BCUT2D eigenvalue weighted by Crippen LogP contribution is 2.14. The van der Waals surface area contributed by atoms with E-state index in [0.29, 0.717) is 5.75 Å². The second kappa shape index (κ2) is 5.53. The molecule has 1 aliphatic rings. The Labute approximate surface area is 105 Å². The van der Waals surface area contributed by atoms with E-state index in [1.165, 1.54) is 12.1 Å². The first kappa shape index (κ1) is 12.4. The van der Waals surface area contributed by atoms with Crippen LogP contribution in [0.1, 0.15) is 23.2 Å². The number of carbonyl (C=O) groups is 2. The molecule has 1 aromatic rings. The van der Waals surface area contributed by atoms with E-state index >= 15 is 0 Å². The molecule has 1 fully saturated rings. The Morgan fingerprint density at radius 1 is 1.28 bits per heavy atom. The highest BCUT2D eigenvalue weighted by atomic mass is 16.5. The van der Waals surface area contributed by atoms with Crippen molar-refractivity contribution in [2.45, 2.75) is 12.8 Å². The quantitative estimate of drug-likeness (QED) is 0.875. The molecule has 1 aromatic carbocycles. The molecular formula is C13H15NO4. The minimum atomic E-state index is -1.01. The Morgan fingerprint density at radius 3 is 2.67 bits per heavy atom. The smallest absolute Gasteiger partial charge is 0.335 e. The summed E-state index contributed by atoms with van der Waals surface area (Å²) in [5.74, 6) is -0.651. The molecule has 18 heavy (non-hydrogen) atoms. The fourth-order valence-electron chi connectivity index (χ4n) is 1.92. The molecule has 1 heterocycles. The summed E-state index contributed by atoms with van der Waals surface area (Å²) < 4.78 is 5.32. The van der Waals surface area contributed by atoms with Crippen molar-refractivity contribution in [3.63, 3.8) is 0 Å². The molecule has 0 aromatic heterocycles. The number of carbonyl (C=O) groups excluding carboxylic acids is 1. The van der Waals surface area contributed by atoms with E-state index in [-0.39, 0.29) is 18.1 Å². The van der Waals surface area contributed by atoms with Crippen molar-refractivity contribution in [1.82, 2.24) is 4.90 Å². The molecule has 5 heteroatoms. The first-order valence-corrected chi connectivity index (χ1v) is 5.91. The van der Waals surface area contributed by atoms with Gasteiger partial charge in [0.15, 0.2) is 6.61 Å². The number of carboxylic acids is 1. The molecule has 0 saturated carbocycles. The van der Waals surface area contributed by atoms with Crippen LogP contribution in [0.3, 0.4) is 0 Å². The van der Waals surface area contributed by atoms with Gasteiger partial charge >= 0.3 is 5.97 Å². The molecule has 0 atom stereocenters. The van der Waals surface area contributed by atoms with Crippen molar-refractivity contribution in [3.8, 4) is 5.75 Å². The summed E-state index contributed by atoms with van der Waals surface area (Å²) in [4.78, 5) is 24.3. The third-order valence-electron chi connectivity index (χ3n) is 2.90. The van der Waals surface area contributed by atoms with Gasteiger partial charge in [-0.3, -0.25) is 4.79 Å². The number of ether oxygens (including phenoxy) is 1. The Balaban J connectivity index is 1.91. The maximum absolute atomic E-state index is 11.7. The van der Waals surface area contributed by atoms with Gasteiger partial charge in [0, 0.05) is 13.1 Å². The number of likely N-dealkylation sites (tertiary alicyclic amines) is 1. The Morgan fingerprint density at radius 2 is 2.00 bits per heavy atom. The van der Waals surface area contributed by atoms with Gasteiger partial charge in [-0.2, -0.15) is 0 Å². The van der Waals surface area contributed by atoms with Gasteiger partial charge < -0.3 is 14.7 Å². The van der Waals surface area contributed by atoms with Crippen molar-refractivity contribution >= 4 is 11.9 Å². The number of hydrogen-bond acceptors (Lipinski definition) is 3. The van der Waals surface area contributed by atoms with E-state index < -0.39 is 5.97 Å². The van der Waals surface area contributed by atoms with Crippen LogP contribution in [-0.4, -0.2) is 41.6 Å². The maximum Gasteiger partial charge on any atom is 0.335 e. The van der Waals surface area contributed by atoms with Crippen LogP contribution in [0.15, 0.2) is 24.3 Å². The number of benzene rings is 1. The van der Waals surface area contributed by atoms with Gasteiger partial charge in [0.25, 0.3) is 5.91 Å². The predicted molar refractivity (Wildman–Crippen MR) is 64.7 cm³/mol. The third kappa shape index (κ3) is 3.00. The number of rotatable bonds is 4. The molecule has 0 unspecified atom stereocenters. The van der Waals surface area contributed by atoms with E-state index in [4.69, 9.17) is 9.84 Å². The van der Waals surface area contributed by atoms with Gasteiger partial charge in [-0.05, 0) is 31.0 Å². The molecule has 0 aliphatic carbocycles. The zero-order valence-electron chi connectivity index (χ0n) is 9.96. The van der Waals surface area contributed by atoms with Crippen molar-refractivity contribution < 1.29 is 19.4 Å². The summed E-state index contributed by atoms with van der Waals surface area (Å²) in [5, 5.41) is 8.83. The second-order valence-corrected chi connectivity index (χ2v) is 4.21. The zero-order valence-corrected chi connectivity index (χ0v) is 9.96. The van der Waals surface area contributed by atoms with Gasteiger partial charge in [0.1, 0.15) is 5.75 Å². The van der Waals surface area contributed by atoms with Crippen LogP contribution in [0, 0.1) is 0 Å². The average molecular weight is 249 g/mol. The molecule has 0 radical (unpaired) electrons. The number of carboxylic acid groups (broad SMARTS) is 1. The fourth-order valence-corrected chi connectivity index (χ4v) is 1.92. The van der Waals surface area contributed by atoms with Crippen LogP contribution in [0.5, 0.6) is 5.75 Å². The van der Waals surface area contributed by atoms with Gasteiger partial charge in [0.05, 0.1) is 5.56 Å². The lowest BCUT2D eigenvalue weighted by molar-refractivity contribution is -0.132. The van der Waals surface area contributed by atoms with E-state index in [1.54, 1.807) is 17.0 Å². The minimum absolute atomic E-state index is 0.0386. The van der Waals surface area contributed by atoms with Gasteiger partial charge in [-0.1, -0.05) is 6.07 Å². The van der Waals surface area contributed by atoms with E-state index in [9.17, 15) is 9.59 Å². The summed E-state index contributed by atoms with van der Waals surface area (Å²) in [6.07, 6.45) is 2.08. The molecule has 1 aliphatic heterocycles. The molecule has 1 amide bonds. The number of aromatic carboxylic acids is 1. The molecule has 1 saturated heterocycles. The van der Waals surface area contributed by atoms with Crippen LogP contribution in [0.25, 0.3) is 0 Å². The summed E-state index contributed by atoms with van der Waals surface area (Å²) in [7, 11) is 0. The van der Waals surface area contributed by atoms with Crippen LogP contribution >= 0.6 is 0 Å².